The van der Waals surface area contributed by atoms with Crippen LogP contribution in [0.3, 0.4) is 0 Å². The molecule has 1 aliphatic rings. The first-order chi connectivity index (χ1) is 5.94. The van der Waals surface area contributed by atoms with Crippen LogP contribution in [0.1, 0.15) is 26.7 Å². The Labute approximate surface area is 80.1 Å². The predicted molar refractivity (Wildman–Crippen MR) is 51.7 cm³/mol. The van der Waals surface area contributed by atoms with E-state index in [2.05, 4.69) is 0 Å². The molecule has 0 aliphatic carbocycles. The molecule has 0 aromatic carbocycles. The Balaban J connectivity index is 2.64. The smallest absolute Gasteiger partial charge is 0.216 e. The van der Waals surface area contributed by atoms with E-state index in [4.69, 9.17) is 5.73 Å². The van der Waals surface area contributed by atoms with Crippen LogP contribution in [0, 0.1) is 0 Å². The second-order valence-electron chi connectivity index (χ2n) is 3.77. The fourth-order valence-corrected chi connectivity index (χ4v) is 2.72. The third kappa shape index (κ3) is 2.42. The summed E-state index contributed by atoms with van der Waals surface area (Å²) in [6, 6.07) is -0.0707. The Morgan fingerprint density at radius 3 is 2.15 bits per heavy atom. The van der Waals surface area contributed by atoms with Crippen molar-refractivity contribution in [3.05, 3.63) is 0 Å². The summed E-state index contributed by atoms with van der Waals surface area (Å²) in [6.07, 6.45) is 1.35. The molecule has 13 heavy (non-hydrogen) atoms. The molecule has 0 unspecified atom stereocenters. The lowest BCUT2D eigenvalue weighted by molar-refractivity contribution is 0.313. The monoisotopic (exact) mass is 205 g/mol. The van der Waals surface area contributed by atoms with Crippen molar-refractivity contribution in [1.82, 2.24) is 10.0 Å². The van der Waals surface area contributed by atoms with E-state index in [9.17, 15) is 8.42 Å². The minimum absolute atomic E-state index is 0.0707. The topological polar surface area (TPSA) is 61.2 Å². The summed E-state index contributed by atoms with van der Waals surface area (Å²) in [5.74, 6) is 0. The molecular formula is C8H17N2O2S. The van der Waals surface area contributed by atoms with Crippen molar-refractivity contribution in [1.29, 1.82) is 0 Å². The molecule has 0 spiro atoms. The fourth-order valence-electron chi connectivity index (χ4n) is 1.41. The van der Waals surface area contributed by atoms with Crippen molar-refractivity contribution in [2.24, 2.45) is 0 Å². The van der Waals surface area contributed by atoms with Crippen molar-refractivity contribution in [2.75, 3.05) is 13.1 Å². The van der Waals surface area contributed by atoms with Crippen LogP contribution in [0.5, 0.6) is 0 Å². The maximum absolute atomic E-state index is 11.7. The van der Waals surface area contributed by atoms with E-state index in [0.29, 0.717) is 25.9 Å². The minimum atomic E-state index is -3.07. The lowest BCUT2D eigenvalue weighted by atomic mass is 10.1. The zero-order valence-electron chi connectivity index (χ0n) is 8.16. The Hall–Kier alpha value is -0.130. The van der Waals surface area contributed by atoms with Crippen LogP contribution in [-0.2, 0) is 10.0 Å². The standard InChI is InChI=1S/C8H17N2O2S/c1-7(2)13(11,12)10-5-3-8(9)4-6-10/h7-9H,3-6H2,1-2H3. The summed E-state index contributed by atoms with van der Waals surface area (Å²) >= 11 is 0. The third-order valence-electron chi connectivity index (χ3n) is 2.41. The van der Waals surface area contributed by atoms with E-state index in [-0.39, 0.29) is 11.3 Å². The van der Waals surface area contributed by atoms with E-state index < -0.39 is 10.0 Å². The van der Waals surface area contributed by atoms with E-state index in [0.717, 1.165) is 0 Å². The van der Waals surface area contributed by atoms with Crippen LogP contribution in [0.4, 0.5) is 0 Å². The summed E-state index contributed by atoms with van der Waals surface area (Å²) in [6.45, 7) is 4.44. The molecule has 0 amide bonds. The van der Waals surface area contributed by atoms with Crippen molar-refractivity contribution < 1.29 is 8.42 Å². The lowest BCUT2D eigenvalue weighted by Crippen LogP contribution is -2.43. The van der Waals surface area contributed by atoms with Gasteiger partial charge in [-0.2, -0.15) is 0 Å². The molecule has 4 nitrogen and oxygen atoms in total. The zero-order chi connectivity index (χ0) is 10.1. The Morgan fingerprint density at radius 2 is 1.77 bits per heavy atom. The Bertz CT molecular complexity index is 253. The minimum Gasteiger partial charge on any atom is -0.254 e. The molecule has 77 valence electrons. The molecule has 1 radical (unpaired) electrons. The average molecular weight is 205 g/mol. The number of piperidine rings is 1. The highest BCUT2D eigenvalue weighted by atomic mass is 32.2. The Morgan fingerprint density at radius 1 is 1.31 bits per heavy atom. The van der Waals surface area contributed by atoms with Crippen molar-refractivity contribution in [3.63, 3.8) is 0 Å². The van der Waals surface area contributed by atoms with Crippen molar-refractivity contribution >= 4 is 10.0 Å². The van der Waals surface area contributed by atoms with Gasteiger partial charge in [0.25, 0.3) is 0 Å². The van der Waals surface area contributed by atoms with Crippen molar-refractivity contribution in [2.45, 2.75) is 38.0 Å². The molecule has 1 heterocycles. The van der Waals surface area contributed by atoms with E-state index >= 15 is 0 Å². The summed E-state index contributed by atoms with van der Waals surface area (Å²) in [7, 11) is -3.07. The first-order valence-corrected chi connectivity index (χ1v) is 6.15. The highest BCUT2D eigenvalue weighted by Crippen LogP contribution is 2.16. The van der Waals surface area contributed by atoms with Gasteiger partial charge in [-0.3, -0.25) is 5.73 Å². The maximum Gasteiger partial charge on any atom is 0.216 e. The number of sulfonamides is 1. The molecule has 1 aliphatic heterocycles. The summed E-state index contributed by atoms with van der Waals surface area (Å²) in [4.78, 5) is 0. The van der Waals surface area contributed by atoms with Crippen LogP contribution in [0.25, 0.3) is 0 Å². The van der Waals surface area contributed by atoms with Gasteiger partial charge < -0.3 is 0 Å². The van der Waals surface area contributed by atoms with Gasteiger partial charge in [0, 0.05) is 19.1 Å². The van der Waals surface area contributed by atoms with Crippen LogP contribution in [-0.4, -0.2) is 37.1 Å². The number of rotatable bonds is 2. The number of nitrogens with one attached hydrogen (secondary N) is 1. The fraction of sp³-hybridized carbons (Fsp3) is 1.00. The number of hydrogen-bond donors (Lipinski definition) is 0. The summed E-state index contributed by atoms with van der Waals surface area (Å²) < 4.78 is 24.8. The van der Waals surface area contributed by atoms with E-state index in [1.807, 2.05) is 0 Å². The van der Waals surface area contributed by atoms with Gasteiger partial charge in [-0.05, 0) is 26.7 Å². The largest absolute Gasteiger partial charge is 0.254 e. The molecule has 1 fully saturated rings. The summed E-state index contributed by atoms with van der Waals surface area (Å²) in [5.41, 5.74) is 7.45. The highest BCUT2D eigenvalue weighted by molar-refractivity contribution is 7.89. The second kappa shape index (κ2) is 3.94. The van der Waals surface area contributed by atoms with Gasteiger partial charge >= 0.3 is 0 Å². The first kappa shape index (κ1) is 10.9. The molecular weight excluding hydrogens is 188 g/mol. The predicted octanol–water partition coefficient (Wildman–Crippen LogP) is 0.472. The van der Waals surface area contributed by atoms with Gasteiger partial charge in [0.1, 0.15) is 0 Å². The van der Waals surface area contributed by atoms with Gasteiger partial charge in [0.2, 0.25) is 10.0 Å². The quantitative estimate of drug-likeness (QED) is 0.658. The highest BCUT2D eigenvalue weighted by Gasteiger charge is 2.28. The van der Waals surface area contributed by atoms with E-state index in [1.165, 1.54) is 4.31 Å². The van der Waals surface area contributed by atoms with Crippen LogP contribution in [0.2, 0.25) is 0 Å². The molecule has 0 bridgehead atoms. The number of nitrogens with zero attached hydrogens (tertiary/aromatic N) is 1. The SMILES string of the molecule is CC(C)S(=O)(=O)N1CCC([NH])CC1. The molecule has 0 saturated carbocycles. The molecule has 1 N–H and O–H groups in total. The summed E-state index contributed by atoms with van der Waals surface area (Å²) in [5, 5.41) is -0.338. The molecule has 1 rings (SSSR count). The molecule has 0 atom stereocenters. The van der Waals surface area contributed by atoms with Gasteiger partial charge in [0.15, 0.2) is 0 Å². The maximum atomic E-state index is 11.7. The van der Waals surface area contributed by atoms with Gasteiger partial charge in [-0.1, -0.05) is 0 Å². The zero-order valence-corrected chi connectivity index (χ0v) is 8.97. The van der Waals surface area contributed by atoms with Gasteiger partial charge in [-0.15, -0.1) is 0 Å². The number of hydrogen-bond acceptors (Lipinski definition) is 2. The molecule has 1 saturated heterocycles. The van der Waals surface area contributed by atoms with Gasteiger partial charge in [-0.25, -0.2) is 12.7 Å². The normalized spacial score (nSPS) is 22.5. The van der Waals surface area contributed by atoms with E-state index in [1.54, 1.807) is 13.8 Å². The third-order valence-corrected chi connectivity index (χ3v) is 4.69. The van der Waals surface area contributed by atoms with Crippen molar-refractivity contribution in [3.8, 4) is 0 Å². The van der Waals surface area contributed by atoms with Gasteiger partial charge in [0.05, 0.1) is 5.25 Å². The lowest BCUT2D eigenvalue weighted by Gasteiger charge is -2.30. The average Bonchev–Trinajstić information content (AvgIpc) is 2.04. The van der Waals surface area contributed by atoms with Crippen LogP contribution >= 0.6 is 0 Å². The Kier molecular flexibility index (Phi) is 3.32. The molecule has 0 aromatic heterocycles. The first-order valence-electron chi connectivity index (χ1n) is 4.64. The van der Waals surface area contributed by atoms with Crippen LogP contribution in [0.15, 0.2) is 0 Å². The molecule has 5 heteroatoms. The second-order valence-corrected chi connectivity index (χ2v) is 6.26. The van der Waals surface area contributed by atoms with Crippen LogP contribution < -0.4 is 5.73 Å². The molecule has 0 aromatic rings.